The molecule has 1 aliphatic rings. The van der Waals surface area contributed by atoms with Crippen LogP contribution in [-0.4, -0.2) is 20.4 Å². The molecule has 0 bridgehead atoms. The fraction of sp³-hybridized carbons (Fsp3) is 0.381. The topological polar surface area (TPSA) is 75.3 Å². The zero-order valence-electron chi connectivity index (χ0n) is 16.4. The first kappa shape index (κ1) is 22.3. The third-order valence-electron chi connectivity index (χ3n) is 5.33. The van der Waals surface area contributed by atoms with Crippen LogP contribution in [0.1, 0.15) is 49.4 Å². The van der Waals surface area contributed by atoms with Crippen molar-refractivity contribution >= 4 is 21.6 Å². The van der Waals surface area contributed by atoms with Crippen molar-refractivity contribution in [1.29, 1.82) is 0 Å². The summed E-state index contributed by atoms with van der Waals surface area (Å²) in [6.45, 7) is 1.96. The second-order valence-corrected chi connectivity index (χ2v) is 9.25. The van der Waals surface area contributed by atoms with E-state index in [1.807, 2.05) is 6.92 Å². The van der Waals surface area contributed by atoms with Crippen LogP contribution in [0, 0.1) is 23.4 Å². The van der Waals surface area contributed by atoms with Crippen molar-refractivity contribution in [1.82, 2.24) is 4.72 Å². The lowest BCUT2D eigenvalue weighted by Gasteiger charge is -2.23. The zero-order valence-corrected chi connectivity index (χ0v) is 17.2. The Balaban J connectivity index is 1.82. The SMILES string of the molecule is CC1CCCCCC1NS(=O)(=O)c1cc(C(=O)Nc2ccc(F)c(F)c2)ccc1F. The second kappa shape index (κ2) is 9.18. The maximum Gasteiger partial charge on any atom is 0.255 e. The lowest BCUT2D eigenvalue weighted by Crippen LogP contribution is -2.39. The van der Waals surface area contributed by atoms with Crippen LogP contribution in [-0.2, 0) is 10.0 Å². The number of sulfonamides is 1. The standard InChI is InChI=1S/C21H23F3N2O3S/c1-13-5-3-2-4-6-19(13)26-30(28,29)20-11-14(7-9-17(20)23)21(27)25-15-8-10-16(22)18(24)12-15/h7-13,19,26H,2-6H2,1H3,(H,25,27). The van der Waals surface area contributed by atoms with Gasteiger partial charge in [0, 0.05) is 23.4 Å². The second-order valence-electron chi connectivity index (χ2n) is 7.57. The van der Waals surface area contributed by atoms with Crippen molar-refractivity contribution in [3.8, 4) is 0 Å². The van der Waals surface area contributed by atoms with Crippen LogP contribution < -0.4 is 10.0 Å². The minimum Gasteiger partial charge on any atom is -0.322 e. The lowest BCUT2D eigenvalue weighted by molar-refractivity contribution is 0.102. The smallest absolute Gasteiger partial charge is 0.255 e. The molecular weight excluding hydrogens is 417 g/mol. The first-order valence-corrected chi connectivity index (χ1v) is 11.2. The van der Waals surface area contributed by atoms with Gasteiger partial charge in [0.05, 0.1) is 0 Å². The minimum absolute atomic E-state index is 0.0157. The number of amides is 1. The van der Waals surface area contributed by atoms with Crippen LogP contribution >= 0.6 is 0 Å². The van der Waals surface area contributed by atoms with Gasteiger partial charge in [-0.2, -0.15) is 0 Å². The summed E-state index contributed by atoms with van der Waals surface area (Å²) in [4.78, 5) is 11.8. The van der Waals surface area contributed by atoms with Gasteiger partial charge in [0.1, 0.15) is 10.7 Å². The molecule has 3 rings (SSSR count). The quantitative estimate of drug-likeness (QED) is 0.667. The molecule has 1 amide bonds. The van der Waals surface area contributed by atoms with E-state index in [4.69, 9.17) is 0 Å². The summed E-state index contributed by atoms with van der Waals surface area (Å²) in [6.07, 6.45) is 4.48. The first-order chi connectivity index (χ1) is 14.2. The third kappa shape index (κ3) is 5.20. The number of benzene rings is 2. The summed E-state index contributed by atoms with van der Waals surface area (Å²) in [6, 6.07) is 5.45. The van der Waals surface area contributed by atoms with Gasteiger partial charge in [-0.15, -0.1) is 0 Å². The third-order valence-corrected chi connectivity index (χ3v) is 6.83. The van der Waals surface area contributed by atoms with E-state index in [1.165, 1.54) is 0 Å². The van der Waals surface area contributed by atoms with E-state index in [2.05, 4.69) is 10.0 Å². The number of halogens is 3. The molecule has 2 unspecified atom stereocenters. The highest BCUT2D eigenvalue weighted by Crippen LogP contribution is 2.26. The Labute approximate surface area is 173 Å². The molecule has 2 N–H and O–H groups in total. The van der Waals surface area contributed by atoms with Crippen LogP contribution in [0.2, 0.25) is 0 Å². The fourth-order valence-electron chi connectivity index (χ4n) is 3.56. The highest BCUT2D eigenvalue weighted by Gasteiger charge is 2.28. The van der Waals surface area contributed by atoms with E-state index in [1.54, 1.807) is 0 Å². The van der Waals surface area contributed by atoms with Crippen molar-refractivity contribution < 1.29 is 26.4 Å². The average molecular weight is 440 g/mol. The fourth-order valence-corrected chi connectivity index (χ4v) is 5.04. The zero-order chi connectivity index (χ0) is 21.9. The summed E-state index contributed by atoms with van der Waals surface area (Å²) < 4.78 is 68.9. The molecule has 9 heteroatoms. The maximum atomic E-state index is 14.3. The highest BCUT2D eigenvalue weighted by molar-refractivity contribution is 7.89. The van der Waals surface area contributed by atoms with Crippen molar-refractivity contribution in [2.24, 2.45) is 5.92 Å². The molecule has 1 aliphatic carbocycles. The van der Waals surface area contributed by atoms with Gasteiger partial charge in [0.25, 0.3) is 5.91 Å². The van der Waals surface area contributed by atoms with Crippen molar-refractivity contribution in [2.75, 3.05) is 5.32 Å². The molecule has 0 saturated heterocycles. The Kier molecular flexibility index (Phi) is 6.82. The predicted octanol–water partition coefficient (Wildman–Crippen LogP) is 4.60. The largest absolute Gasteiger partial charge is 0.322 e. The Morgan fingerprint density at radius 3 is 2.37 bits per heavy atom. The molecule has 2 aromatic rings. The summed E-state index contributed by atoms with van der Waals surface area (Å²) in [5.74, 6) is -3.85. The van der Waals surface area contributed by atoms with Crippen LogP contribution in [0.25, 0.3) is 0 Å². The molecule has 162 valence electrons. The molecule has 5 nitrogen and oxygen atoms in total. The molecular formula is C21H23F3N2O3S. The van der Waals surface area contributed by atoms with Gasteiger partial charge < -0.3 is 5.32 Å². The van der Waals surface area contributed by atoms with E-state index >= 15 is 0 Å². The molecule has 1 saturated carbocycles. The highest BCUT2D eigenvalue weighted by atomic mass is 32.2. The summed E-state index contributed by atoms with van der Waals surface area (Å²) in [7, 11) is -4.20. The number of hydrogen-bond donors (Lipinski definition) is 2. The molecule has 2 aromatic carbocycles. The normalized spacial score (nSPS) is 19.9. The summed E-state index contributed by atoms with van der Waals surface area (Å²) in [5.41, 5.74) is -0.145. The van der Waals surface area contributed by atoms with E-state index in [-0.39, 0.29) is 23.2 Å². The van der Waals surface area contributed by atoms with Crippen molar-refractivity contribution in [3.63, 3.8) is 0 Å². The number of carbonyl (C=O) groups is 1. The lowest BCUT2D eigenvalue weighted by atomic mass is 9.98. The number of rotatable bonds is 5. The minimum atomic E-state index is -4.20. The molecule has 0 radical (unpaired) electrons. The summed E-state index contributed by atoms with van der Waals surface area (Å²) in [5, 5.41) is 2.34. The van der Waals surface area contributed by atoms with Crippen molar-refractivity contribution in [3.05, 3.63) is 59.4 Å². The van der Waals surface area contributed by atoms with Gasteiger partial charge in [-0.1, -0.05) is 26.2 Å². The van der Waals surface area contributed by atoms with Gasteiger partial charge in [0.15, 0.2) is 11.6 Å². The first-order valence-electron chi connectivity index (χ1n) is 9.75. The van der Waals surface area contributed by atoms with Crippen LogP contribution in [0.5, 0.6) is 0 Å². The van der Waals surface area contributed by atoms with E-state index in [9.17, 15) is 26.4 Å². The molecule has 0 aliphatic heterocycles. The van der Waals surface area contributed by atoms with E-state index in [0.29, 0.717) is 6.42 Å². The molecule has 0 spiro atoms. The van der Waals surface area contributed by atoms with Gasteiger partial charge in [0.2, 0.25) is 10.0 Å². The molecule has 1 fully saturated rings. The molecule has 0 aromatic heterocycles. The Hall–Kier alpha value is -2.39. The van der Waals surface area contributed by atoms with E-state index < -0.39 is 38.3 Å². The number of carbonyl (C=O) groups excluding carboxylic acids is 1. The Morgan fingerprint density at radius 2 is 1.63 bits per heavy atom. The molecule has 30 heavy (non-hydrogen) atoms. The predicted molar refractivity (Wildman–Crippen MR) is 107 cm³/mol. The number of hydrogen-bond acceptors (Lipinski definition) is 3. The maximum absolute atomic E-state index is 14.3. The Morgan fingerprint density at radius 1 is 0.933 bits per heavy atom. The monoisotopic (exact) mass is 440 g/mol. The van der Waals surface area contributed by atoms with Crippen LogP contribution in [0.4, 0.5) is 18.9 Å². The van der Waals surface area contributed by atoms with E-state index in [0.717, 1.165) is 62.1 Å². The molecule has 2 atom stereocenters. The van der Waals surface area contributed by atoms with Gasteiger partial charge in [-0.05, 0) is 49.1 Å². The average Bonchev–Trinajstić information content (AvgIpc) is 2.89. The van der Waals surface area contributed by atoms with Crippen LogP contribution in [0.15, 0.2) is 41.3 Å². The number of anilines is 1. The van der Waals surface area contributed by atoms with Gasteiger partial charge in [-0.3, -0.25) is 4.79 Å². The number of nitrogens with one attached hydrogen (secondary N) is 2. The molecule has 0 heterocycles. The van der Waals surface area contributed by atoms with Gasteiger partial charge >= 0.3 is 0 Å². The van der Waals surface area contributed by atoms with Gasteiger partial charge in [-0.25, -0.2) is 26.3 Å². The Bertz CT molecular complexity index is 1040. The summed E-state index contributed by atoms with van der Waals surface area (Å²) >= 11 is 0. The van der Waals surface area contributed by atoms with Crippen LogP contribution in [0.3, 0.4) is 0 Å². The van der Waals surface area contributed by atoms with Crippen molar-refractivity contribution in [2.45, 2.75) is 50.0 Å².